The first kappa shape index (κ1) is 13.5. The van der Waals surface area contributed by atoms with E-state index in [-0.39, 0.29) is 18.0 Å². The van der Waals surface area contributed by atoms with Crippen LogP contribution in [0.25, 0.3) is 0 Å². The zero-order valence-corrected chi connectivity index (χ0v) is 10.7. The molecule has 16 heavy (non-hydrogen) atoms. The number of rotatable bonds is 6. The van der Waals surface area contributed by atoms with Crippen LogP contribution in [-0.4, -0.2) is 42.5 Å². The maximum absolute atomic E-state index is 11.3. The molecule has 4 nitrogen and oxygen atoms in total. The van der Waals surface area contributed by atoms with E-state index in [0.29, 0.717) is 6.04 Å². The second kappa shape index (κ2) is 6.21. The Bertz CT molecular complexity index is 224. The van der Waals surface area contributed by atoms with Crippen LogP contribution in [0.15, 0.2) is 0 Å². The maximum Gasteiger partial charge on any atom is 0.235 e. The molecule has 0 heterocycles. The van der Waals surface area contributed by atoms with E-state index >= 15 is 0 Å². The summed E-state index contributed by atoms with van der Waals surface area (Å²) < 4.78 is 0. The summed E-state index contributed by atoms with van der Waals surface area (Å²) in [6.07, 6.45) is 5.13. The molecule has 1 aliphatic rings. The highest BCUT2D eigenvalue weighted by molar-refractivity contribution is 5.80. The Labute approximate surface area is 98.6 Å². The van der Waals surface area contributed by atoms with E-state index in [1.807, 2.05) is 13.8 Å². The molecule has 0 aliphatic heterocycles. The van der Waals surface area contributed by atoms with E-state index in [9.17, 15) is 4.79 Å². The summed E-state index contributed by atoms with van der Waals surface area (Å²) in [5.41, 5.74) is 5.40. The molecule has 0 aromatic rings. The van der Waals surface area contributed by atoms with Gasteiger partial charge in [-0.2, -0.15) is 0 Å². The van der Waals surface area contributed by atoms with Gasteiger partial charge < -0.3 is 16.0 Å². The van der Waals surface area contributed by atoms with Crippen LogP contribution in [0.1, 0.15) is 39.5 Å². The number of amides is 1. The Kier molecular flexibility index (Phi) is 5.22. The first-order valence-electron chi connectivity index (χ1n) is 6.26. The lowest BCUT2D eigenvalue weighted by Crippen LogP contribution is -2.52. The molecule has 1 amide bonds. The molecule has 1 saturated carbocycles. The van der Waals surface area contributed by atoms with Gasteiger partial charge in [0.25, 0.3) is 0 Å². The van der Waals surface area contributed by atoms with Gasteiger partial charge in [-0.3, -0.25) is 4.79 Å². The fourth-order valence-electron chi connectivity index (χ4n) is 2.41. The van der Waals surface area contributed by atoms with Crippen molar-refractivity contribution in [2.45, 2.75) is 57.7 Å². The lowest BCUT2D eigenvalue weighted by atomic mass is 10.1. The molecule has 1 rings (SSSR count). The summed E-state index contributed by atoms with van der Waals surface area (Å²) >= 11 is 0. The van der Waals surface area contributed by atoms with Gasteiger partial charge in [0, 0.05) is 18.6 Å². The third-order valence-electron chi connectivity index (χ3n) is 3.30. The van der Waals surface area contributed by atoms with Gasteiger partial charge in [0.15, 0.2) is 0 Å². The van der Waals surface area contributed by atoms with E-state index in [4.69, 9.17) is 5.73 Å². The summed E-state index contributed by atoms with van der Waals surface area (Å²) in [6, 6.07) is 0.691. The molecule has 1 fully saturated rings. The van der Waals surface area contributed by atoms with Crippen molar-refractivity contribution in [3.05, 3.63) is 0 Å². The van der Waals surface area contributed by atoms with E-state index < -0.39 is 0 Å². The smallest absolute Gasteiger partial charge is 0.235 e. The van der Waals surface area contributed by atoms with Gasteiger partial charge in [-0.1, -0.05) is 26.7 Å². The first-order chi connectivity index (χ1) is 7.50. The molecule has 94 valence electrons. The number of hydrogen-bond acceptors (Lipinski definition) is 3. The predicted octanol–water partition coefficient (Wildman–Crippen LogP) is 0.713. The SMILES string of the molecule is CC(C)NC(CN(C)C1CCCC1)C(N)=O. The van der Waals surface area contributed by atoms with Crippen LogP contribution in [0.2, 0.25) is 0 Å². The summed E-state index contributed by atoms with van der Waals surface area (Å²) in [4.78, 5) is 13.6. The number of nitrogens with two attached hydrogens (primary N) is 1. The molecule has 0 radical (unpaired) electrons. The van der Waals surface area contributed by atoms with Crippen molar-refractivity contribution in [1.82, 2.24) is 10.2 Å². The van der Waals surface area contributed by atoms with E-state index in [1.54, 1.807) is 0 Å². The minimum absolute atomic E-state index is 0.231. The highest BCUT2D eigenvalue weighted by atomic mass is 16.1. The van der Waals surface area contributed by atoms with Gasteiger partial charge in [-0.15, -0.1) is 0 Å². The Morgan fingerprint density at radius 3 is 2.44 bits per heavy atom. The average molecular weight is 227 g/mol. The molecule has 4 heteroatoms. The van der Waals surface area contributed by atoms with E-state index in [2.05, 4.69) is 17.3 Å². The van der Waals surface area contributed by atoms with Gasteiger partial charge in [-0.05, 0) is 19.9 Å². The van der Waals surface area contributed by atoms with Gasteiger partial charge in [0.1, 0.15) is 0 Å². The van der Waals surface area contributed by atoms with Crippen molar-refractivity contribution in [3.63, 3.8) is 0 Å². The fourth-order valence-corrected chi connectivity index (χ4v) is 2.41. The average Bonchev–Trinajstić information content (AvgIpc) is 2.68. The number of nitrogens with zero attached hydrogens (tertiary/aromatic N) is 1. The van der Waals surface area contributed by atoms with Crippen LogP contribution in [0, 0.1) is 0 Å². The lowest BCUT2D eigenvalue weighted by molar-refractivity contribution is -0.120. The monoisotopic (exact) mass is 227 g/mol. The first-order valence-corrected chi connectivity index (χ1v) is 6.26. The van der Waals surface area contributed by atoms with Crippen LogP contribution in [-0.2, 0) is 4.79 Å². The zero-order chi connectivity index (χ0) is 12.1. The number of hydrogen-bond donors (Lipinski definition) is 2. The second-order valence-corrected chi connectivity index (χ2v) is 5.15. The molecule has 1 atom stereocenters. The van der Waals surface area contributed by atoms with Crippen LogP contribution < -0.4 is 11.1 Å². The normalized spacial score (nSPS) is 19.6. The zero-order valence-electron chi connectivity index (χ0n) is 10.7. The van der Waals surface area contributed by atoms with E-state index in [0.717, 1.165) is 6.54 Å². The number of nitrogens with one attached hydrogen (secondary N) is 1. The Morgan fingerprint density at radius 2 is 2.00 bits per heavy atom. The van der Waals surface area contributed by atoms with Crippen molar-refractivity contribution >= 4 is 5.91 Å². The number of primary amides is 1. The molecule has 3 N–H and O–H groups in total. The summed E-state index contributed by atoms with van der Waals surface area (Å²) in [5.74, 6) is -0.251. The van der Waals surface area contributed by atoms with Crippen LogP contribution in [0.5, 0.6) is 0 Å². The highest BCUT2D eigenvalue weighted by Crippen LogP contribution is 2.22. The largest absolute Gasteiger partial charge is 0.368 e. The van der Waals surface area contributed by atoms with Crippen LogP contribution in [0.4, 0.5) is 0 Å². The minimum Gasteiger partial charge on any atom is -0.368 e. The molecule has 0 spiro atoms. The van der Waals surface area contributed by atoms with Gasteiger partial charge in [0.2, 0.25) is 5.91 Å². The number of carbonyl (C=O) groups is 1. The molecular formula is C12H25N3O. The molecule has 0 bridgehead atoms. The second-order valence-electron chi connectivity index (χ2n) is 5.15. The number of likely N-dealkylation sites (N-methyl/N-ethyl adjacent to an activating group) is 1. The molecule has 0 saturated heterocycles. The van der Waals surface area contributed by atoms with Gasteiger partial charge in [-0.25, -0.2) is 0 Å². The summed E-state index contributed by atoms with van der Waals surface area (Å²) in [7, 11) is 2.09. The van der Waals surface area contributed by atoms with Gasteiger partial charge in [0.05, 0.1) is 6.04 Å². The van der Waals surface area contributed by atoms with Crippen molar-refractivity contribution in [1.29, 1.82) is 0 Å². The highest BCUT2D eigenvalue weighted by Gasteiger charge is 2.24. The van der Waals surface area contributed by atoms with Gasteiger partial charge >= 0.3 is 0 Å². The van der Waals surface area contributed by atoms with Crippen molar-refractivity contribution in [3.8, 4) is 0 Å². The summed E-state index contributed by atoms with van der Waals surface area (Å²) in [6.45, 7) is 4.79. The number of carbonyl (C=O) groups excluding carboxylic acids is 1. The third kappa shape index (κ3) is 4.10. The molecule has 0 aromatic carbocycles. The predicted molar refractivity (Wildman–Crippen MR) is 66.1 cm³/mol. The Hall–Kier alpha value is -0.610. The van der Waals surface area contributed by atoms with Crippen LogP contribution in [0.3, 0.4) is 0 Å². The lowest BCUT2D eigenvalue weighted by Gasteiger charge is -2.28. The van der Waals surface area contributed by atoms with Crippen molar-refractivity contribution in [2.75, 3.05) is 13.6 Å². The molecular weight excluding hydrogens is 202 g/mol. The third-order valence-corrected chi connectivity index (χ3v) is 3.30. The van der Waals surface area contributed by atoms with Crippen LogP contribution >= 0.6 is 0 Å². The van der Waals surface area contributed by atoms with Crippen molar-refractivity contribution in [2.24, 2.45) is 5.73 Å². The Balaban J connectivity index is 2.43. The molecule has 1 aliphatic carbocycles. The maximum atomic E-state index is 11.3. The Morgan fingerprint density at radius 1 is 1.44 bits per heavy atom. The van der Waals surface area contributed by atoms with E-state index in [1.165, 1.54) is 25.7 Å². The van der Waals surface area contributed by atoms with Crippen molar-refractivity contribution < 1.29 is 4.79 Å². The molecule has 0 aromatic heterocycles. The minimum atomic E-state index is -0.251. The summed E-state index contributed by atoms with van der Waals surface area (Å²) in [5, 5.41) is 3.22. The fraction of sp³-hybridized carbons (Fsp3) is 0.917. The standard InChI is InChI=1S/C12H25N3O/c1-9(2)14-11(12(13)16)8-15(3)10-6-4-5-7-10/h9-11,14H,4-8H2,1-3H3,(H2,13,16). The quantitative estimate of drug-likeness (QED) is 0.703. The molecule has 1 unspecified atom stereocenters. The topological polar surface area (TPSA) is 58.4 Å².